The van der Waals surface area contributed by atoms with Gasteiger partial charge in [0.1, 0.15) is 0 Å². The van der Waals surface area contributed by atoms with Gasteiger partial charge in [0.15, 0.2) is 0 Å². The summed E-state index contributed by atoms with van der Waals surface area (Å²) in [4.78, 5) is 2.54. The van der Waals surface area contributed by atoms with E-state index in [2.05, 4.69) is 199 Å². The number of hydrogen-bond acceptors (Lipinski definition) is 1. The Morgan fingerprint density at radius 1 is 0.356 bits per heavy atom. The molecule has 0 unspecified atom stereocenters. The van der Waals surface area contributed by atoms with Crippen molar-refractivity contribution in [1.29, 1.82) is 0 Å². The fourth-order valence-electron chi connectivity index (χ4n) is 11.6. The van der Waals surface area contributed by atoms with Crippen LogP contribution in [0, 0.1) is 20.8 Å². The second kappa shape index (κ2) is 11.8. The zero-order valence-electron chi connectivity index (χ0n) is 35.0. The number of nitrogens with zero attached hydrogens (tertiary/aromatic N) is 1. The minimum atomic E-state index is -0.153. The number of aryl methyl sites for hydroxylation is 3. The lowest BCUT2D eigenvalue weighted by Gasteiger charge is -2.30. The molecular formula is C58H47N. The van der Waals surface area contributed by atoms with Crippen molar-refractivity contribution in [1.82, 2.24) is 0 Å². The van der Waals surface area contributed by atoms with E-state index < -0.39 is 0 Å². The van der Waals surface area contributed by atoms with E-state index in [-0.39, 0.29) is 10.8 Å². The summed E-state index contributed by atoms with van der Waals surface area (Å²) in [6, 6.07) is 56.0. The summed E-state index contributed by atoms with van der Waals surface area (Å²) in [6.07, 6.45) is 0.940. The van der Waals surface area contributed by atoms with Crippen molar-refractivity contribution >= 4 is 49.4 Å². The summed E-state index contributed by atoms with van der Waals surface area (Å²) >= 11 is 0. The maximum atomic E-state index is 2.54. The molecule has 0 bridgehead atoms. The molecule has 1 heteroatoms. The number of hydrogen-bond donors (Lipinski definition) is 0. The number of fused-ring (bicyclic) bond motifs is 15. The Morgan fingerprint density at radius 2 is 0.746 bits per heavy atom. The van der Waals surface area contributed by atoms with Crippen molar-refractivity contribution in [2.45, 2.75) is 65.7 Å². The van der Waals surface area contributed by atoms with Gasteiger partial charge in [-0.3, -0.25) is 0 Å². The fourth-order valence-corrected chi connectivity index (χ4v) is 11.6. The van der Waals surface area contributed by atoms with Crippen molar-refractivity contribution < 1.29 is 0 Å². The highest BCUT2D eigenvalue weighted by atomic mass is 15.1. The van der Waals surface area contributed by atoms with Crippen LogP contribution in [0.15, 0.2) is 146 Å². The maximum absolute atomic E-state index is 2.54. The predicted molar refractivity (Wildman–Crippen MR) is 251 cm³/mol. The molecule has 59 heavy (non-hydrogen) atoms. The molecule has 0 saturated carbocycles. The monoisotopic (exact) mass is 757 g/mol. The zero-order chi connectivity index (χ0) is 40.1. The largest absolute Gasteiger partial charge is 0.310 e. The van der Waals surface area contributed by atoms with Gasteiger partial charge in [0.2, 0.25) is 0 Å². The Labute approximate surface area is 347 Å². The SMILES string of the molecule is Cc1cc2c(c3ccccc13)-c1ccc(N(c3ccc4c(c3)C(C)(C)c3cc(C)c5ccccc5c3-4)c3ccc4c(c3)C(C)(C)c3cc(C)c5ccccc5c3-4)cc1C2. The molecule has 12 rings (SSSR count). The van der Waals surface area contributed by atoms with Crippen LogP contribution in [0.3, 0.4) is 0 Å². The van der Waals surface area contributed by atoms with Crippen LogP contribution in [0.2, 0.25) is 0 Å². The molecule has 0 saturated heterocycles. The van der Waals surface area contributed by atoms with Gasteiger partial charge in [-0.15, -0.1) is 0 Å². The summed E-state index contributed by atoms with van der Waals surface area (Å²) in [5.74, 6) is 0. The Balaban J connectivity index is 1.07. The first kappa shape index (κ1) is 34.6. The molecule has 9 aromatic carbocycles. The molecule has 9 aromatic rings. The third-order valence-corrected chi connectivity index (χ3v) is 14.6. The number of anilines is 3. The van der Waals surface area contributed by atoms with Crippen molar-refractivity contribution in [3.63, 3.8) is 0 Å². The van der Waals surface area contributed by atoms with Gasteiger partial charge in [-0.1, -0.05) is 137 Å². The van der Waals surface area contributed by atoms with Gasteiger partial charge in [0.05, 0.1) is 0 Å². The van der Waals surface area contributed by atoms with Gasteiger partial charge in [-0.05, 0) is 179 Å². The van der Waals surface area contributed by atoms with E-state index in [1.165, 1.54) is 133 Å². The van der Waals surface area contributed by atoms with E-state index in [1.807, 2.05) is 0 Å². The second-order valence-corrected chi connectivity index (χ2v) is 18.7. The van der Waals surface area contributed by atoms with Gasteiger partial charge < -0.3 is 4.90 Å². The van der Waals surface area contributed by atoms with Gasteiger partial charge in [-0.25, -0.2) is 0 Å². The molecule has 0 aromatic heterocycles. The van der Waals surface area contributed by atoms with Crippen LogP contribution in [0.5, 0.6) is 0 Å². The van der Waals surface area contributed by atoms with E-state index in [1.54, 1.807) is 0 Å². The summed E-state index contributed by atoms with van der Waals surface area (Å²) < 4.78 is 0. The Bertz CT molecular complexity index is 3180. The Kier molecular flexibility index (Phi) is 6.93. The van der Waals surface area contributed by atoms with Crippen LogP contribution in [-0.2, 0) is 17.3 Å². The maximum Gasteiger partial charge on any atom is 0.0465 e. The summed E-state index contributed by atoms with van der Waals surface area (Å²) in [6.45, 7) is 16.5. The molecule has 0 heterocycles. The molecule has 3 aliphatic rings. The Morgan fingerprint density at radius 3 is 1.22 bits per heavy atom. The topological polar surface area (TPSA) is 3.24 Å². The molecule has 0 aliphatic heterocycles. The van der Waals surface area contributed by atoms with Crippen LogP contribution in [0.1, 0.15) is 77.8 Å². The lowest BCUT2D eigenvalue weighted by Crippen LogP contribution is -2.18. The molecule has 0 atom stereocenters. The molecular weight excluding hydrogens is 711 g/mol. The van der Waals surface area contributed by atoms with E-state index in [0.29, 0.717) is 0 Å². The van der Waals surface area contributed by atoms with Gasteiger partial charge in [0, 0.05) is 27.9 Å². The number of rotatable bonds is 3. The average Bonchev–Trinajstić information content (AvgIpc) is 3.80. The van der Waals surface area contributed by atoms with Crippen molar-refractivity contribution in [3.8, 4) is 33.4 Å². The van der Waals surface area contributed by atoms with Crippen molar-refractivity contribution in [2.24, 2.45) is 0 Å². The fraction of sp³-hybridized carbons (Fsp3) is 0.172. The first-order valence-electron chi connectivity index (χ1n) is 21.3. The lowest BCUT2D eigenvalue weighted by molar-refractivity contribution is 0.660. The molecule has 0 fully saturated rings. The van der Waals surface area contributed by atoms with Gasteiger partial charge >= 0.3 is 0 Å². The van der Waals surface area contributed by atoms with Crippen molar-refractivity contribution in [3.05, 3.63) is 196 Å². The molecule has 0 N–H and O–H groups in total. The minimum Gasteiger partial charge on any atom is -0.310 e. The van der Waals surface area contributed by atoms with E-state index >= 15 is 0 Å². The van der Waals surface area contributed by atoms with Crippen LogP contribution >= 0.6 is 0 Å². The quantitative estimate of drug-likeness (QED) is 0.173. The third kappa shape index (κ3) is 4.62. The minimum absolute atomic E-state index is 0.153. The highest BCUT2D eigenvalue weighted by molar-refractivity contribution is 6.07. The van der Waals surface area contributed by atoms with Gasteiger partial charge in [-0.2, -0.15) is 0 Å². The Hall–Kier alpha value is -6.44. The predicted octanol–water partition coefficient (Wildman–Crippen LogP) is 15.7. The number of benzene rings is 9. The summed E-state index contributed by atoms with van der Waals surface area (Å²) in [5.41, 5.74) is 24.0. The standard InChI is InChI=1S/C58H47N/c1-33-26-37-29-36-30-38(20-23-44(36)54(37)45-17-11-8-14-41(33)45)59(39-21-24-48-50(31-39)57(4,5)52-27-34(2)42-15-9-12-18-46(42)55(48)52)40-22-25-49-51(32-40)58(6,7)53-28-35(3)43-16-10-13-19-47(43)56(49)53/h8-28,30-32H,29H2,1-7H3. The van der Waals surface area contributed by atoms with Crippen molar-refractivity contribution in [2.75, 3.05) is 4.90 Å². The molecule has 0 radical (unpaired) electrons. The van der Waals surface area contributed by atoms with Crippen LogP contribution in [0.4, 0.5) is 17.1 Å². The lowest BCUT2D eigenvalue weighted by atomic mass is 9.81. The van der Waals surface area contributed by atoms with Crippen LogP contribution in [0.25, 0.3) is 65.7 Å². The average molecular weight is 758 g/mol. The molecule has 3 aliphatic carbocycles. The summed E-state index contributed by atoms with van der Waals surface area (Å²) in [5, 5.41) is 8.09. The zero-order valence-corrected chi connectivity index (χ0v) is 35.0. The summed E-state index contributed by atoms with van der Waals surface area (Å²) in [7, 11) is 0. The molecule has 0 spiro atoms. The van der Waals surface area contributed by atoms with E-state index in [0.717, 1.165) is 6.42 Å². The van der Waals surface area contributed by atoms with Crippen LogP contribution in [-0.4, -0.2) is 0 Å². The van der Waals surface area contributed by atoms with Gasteiger partial charge in [0.25, 0.3) is 0 Å². The highest BCUT2D eigenvalue weighted by Gasteiger charge is 2.40. The molecule has 0 amide bonds. The van der Waals surface area contributed by atoms with E-state index in [9.17, 15) is 0 Å². The highest BCUT2D eigenvalue weighted by Crippen LogP contribution is 2.56. The normalized spacial score (nSPS) is 14.9. The molecule has 284 valence electrons. The first-order chi connectivity index (χ1) is 28.5. The second-order valence-electron chi connectivity index (χ2n) is 18.7. The third-order valence-electron chi connectivity index (χ3n) is 14.6. The van der Waals surface area contributed by atoms with Crippen LogP contribution < -0.4 is 4.90 Å². The van der Waals surface area contributed by atoms with E-state index in [4.69, 9.17) is 0 Å². The first-order valence-corrected chi connectivity index (χ1v) is 21.3. The smallest absolute Gasteiger partial charge is 0.0465 e. The molecule has 1 nitrogen and oxygen atoms in total.